The van der Waals surface area contributed by atoms with Gasteiger partial charge in [-0.05, 0) is 30.9 Å². The first-order chi connectivity index (χ1) is 7.34. The number of carbonyl (C=O) groups is 1. The van der Waals surface area contributed by atoms with E-state index < -0.39 is 0 Å². The number of para-hydroxylation sites is 1. The van der Waals surface area contributed by atoms with Gasteiger partial charge in [-0.1, -0.05) is 18.2 Å². The van der Waals surface area contributed by atoms with Crippen molar-refractivity contribution < 1.29 is 4.79 Å². The zero-order valence-corrected chi connectivity index (χ0v) is 8.70. The molecule has 80 valence electrons. The fraction of sp³-hybridized carbons (Fsp3) is 0.417. The van der Waals surface area contributed by atoms with Crippen LogP contribution in [0.3, 0.4) is 0 Å². The highest BCUT2D eigenvalue weighted by Gasteiger charge is 2.21. The Hall–Kier alpha value is -1.51. The minimum atomic E-state index is 0.0748. The van der Waals surface area contributed by atoms with Crippen molar-refractivity contribution in [3.05, 3.63) is 30.3 Å². The fourth-order valence-electron chi connectivity index (χ4n) is 1.38. The Kier molecular flexibility index (Phi) is 3.22. The van der Waals surface area contributed by atoms with Crippen molar-refractivity contribution >= 4 is 11.6 Å². The smallest absolute Gasteiger partial charge is 0.239 e. The normalized spacial score (nSPS) is 14.7. The van der Waals surface area contributed by atoms with Crippen molar-refractivity contribution in [3.8, 4) is 0 Å². The van der Waals surface area contributed by atoms with Gasteiger partial charge in [0.15, 0.2) is 0 Å². The van der Waals surface area contributed by atoms with E-state index in [9.17, 15) is 4.79 Å². The predicted molar refractivity (Wildman–Crippen MR) is 60.7 cm³/mol. The quantitative estimate of drug-likeness (QED) is 0.765. The summed E-state index contributed by atoms with van der Waals surface area (Å²) in [4.78, 5) is 11.4. The maximum absolute atomic E-state index is 11.4. The molecule has 15 heavy (non-hydrogen) atoms. The van der Waals surface area contributed by atoms with Crippen LogP contribution in [-0.4, -0.2) is 19.0 Å². The van der Waals surface area contributed by atoms with Crippen LogP contribution in [-0.2, 0) is 4.79 Å². The summed E-state index contributed by atoms with van der Waals surface area (Å²) in [5.74, 6) is 0.816. The average Bonchev–Trinajstić information content (AvgIpc) is 3.09. The highest BCUT2D eigenvalue weighted by atomic mass is 16.1. The lowest BCUT2D eigenvalue weighted by molar-refractivity contribution is -0.119. The minimum Gasteiger partial charge on any atom is -0.376 e. The molecular formula is C12H16N2O. The summed E-state index contributed by atoms with van der Waals surface area (Å²) in [6.07, 6.45) is 2.54. The topological polar surface area (TPSA) is 41.1 Å². The van der Waals surface area contributed by atoms with E-state index >= 15 is 0 Å². The van der Waals surface area contributed by atoms with Crippen molar-refractivity contribution in [2.24, 2.45) is 5.92 Å². The Bertz CT molecular complexity index is 320. The van der Waals surface area contributed by atoms with Crippen LogP contribution in [0.2, 0.25) is 0 Å². The van der Waals surface area contributed by atoms with Gasteiger partial charge in [0.25, 0.3) is 0 Å². The van der Waals surface area contributed by atoms with E-state index in [0.29, 0.717) is 6.54 Å². The summed E-state index contributed by atoms with van der Waals surface area (Å²) in [7, 11) is 0. The standard InChI is InChI=1S/C12H16N2O/c15-12(14-8-10-6-7-10)9-13-11-4-2-1-3-5-11/h1-5,10,13H,6-9H2,(H,14,15). The Morgan fingerprint density at radius 3 is 2.67 bits per heavy atom. The molecule has 0 unspecified atom stereocenters. The lowest BCUT2D eigenvalue weighted by atomic mass is 10.3. The van der Waals surface area contributed by atoms with Crippen LogP contribution >= 0.6 is 0 Å². The molecule has 2 N–H and O–H groups in total. The summed E-state index contributed by atoms with van der Waals surface area (Å²) in [6.45, 7) is 1.20. The van der Waals surface area contributed by atoms with Gasteiger partial charge in [-0.3, -0.25) is 4.79 Å². The molecule has 1 aliphatic carbocycles. The molecule has 0 atom stereocenters. The molecule has 1 aromatic rings. The Labute approximate surface area is 89.9 Å². The van der Waals surface area contributed by atoms with E-state index in [2.05, 4.69) is 10.6 Å². The SMILES string of the molecule is O=C(CNc1ccccc1)NCC1CC1. The highest BCUT2D eigenvalue weighted by molar-refractivity contribution is 5.80. The molecule has 0 aliphatic heterocycles. The second-order valence-corrected chi connectivity index (χ2v) is 3.97. The van der Waals surface area contributed by atoms with Crippen molar-refractivity contribution in [1.29, 1.82) is 0 Å². The van der Waals surface area contributed by atoms with Gasteiger partial charge in [0.2, 0.25) is 5.91 Å². The maximum Gasteiger partial charge on any atom is 0.239 e. The molecule has 1 fully saturated rings. The van der Waals surface area contributed by atoms with E-state index in [0.717, 1.165) is 18.2 Å². The van der Waals surface area contributed by atoms with Gasteiger partial charge in [0.1, 0.15) is 0 Å². The lowest BCUT2D eigenvalue weighted by Crippen LogP contribution is -2.31. The van der Waals surface area contributed by atoms with E-state index in [1.807, 2.05) is 30.3 Å². The Morgan fingerprint density at radius 2 is 2.00 bits per heavy atom. The number of carbonyl (C=O) groups excluding carboxylic acids is 1. The van der Waals surface area contributed by atoms with Gasteiger partial charge in [-0.2, -0.15) is 0 Å². The fourth-order valence-corrected chi connectivity index (χ4v) is 1.38. The van der Waals surface area contributed by atoms with Crippen LogP contribution in [0.5, 0.6) is 0 Å². The van der Waals surface area contributed by atoms with Crippen LogP contribution in [0.25, 0.3) is 0 Å². The van der Waals surface area contributed by atoms with Crippen LogP contribution in [0.4, 0.5) is 5.69 Å². The van der Waals surface area contributed by atoms with Gasteiger partial charge in [0.05, 0.1) is 6.54 Å². The highest BCUT2D eigenvalue weighted by Crippen LogP contribution is 2.27. The third kappa shape index (κ3) is 3.62. The molecule has 0 aromatic heterocycles. The van der Waals surface area contributed by atoms with Gasteiger partial charge < -0.3 is 10.6 Å². The third-order valence-corrected chi connectivity index (χ3v) is 2.51. The number of rotatable bonds is 5. The second kappa shape index (κ2) is 4.82. The molecule has 1 amide bonds. The van der Waals surface area contributed by atoms with Crippen molar-refractivity contribution in [3.63, 3.8) is 0 Å². The molecule has 0 bridgehead atoms. The van der Waals surface area contributed by atoms with Gasteiger partial charge in [-0.15, -0.1) is 0 Å². The first-order valence-corrected chi connectivity index (χ1v) is 5.40. The van der Waals surface area contributed by atoms with Gasteiger partial charge >= 0.3 is 0 Å². The molecule has 0 heterocycles. The number of nitrogens with one attached hydrogen (secondary N) is 2. The molecule has 3 nitrogen and oxygen atoms in total. The van der Waals surface area contributed by atoms with E-state index in [4.69, 9.17) is 0 Å². The minimum absolute atomic E-state index is 0.0748. The van der Waals surface area contributed by atoms with Crippen LogP contribution in [0.1, 0.15) is 12.8 Å². The maximum atomic E-state index is 11.4. The van der Waals surface area contributed by atoms with Crippen molar-refractivity contribution in [1.82, 2.24) is 5.32 Å². The van der Waals surface area contributed by atoms with E-state index in [1.54, 1.807) is 0 Å². The Morgan fingerprint density at radius 1 is 1.27 bits per heavy atom. The van der Waals surface area contributed by atoms with E-state index in [1.165, 1.54) is 12.8 Å². The largest absolute Gasteiger partial charge is 0.376 e. The zero-order valence-electron chi connectivity index (χ0n) is 8.70. The van der Waals surface area contributed by atoms with Crippen molar-refractivity contribution in [2.75, 3.05) is 18.4 Å². The van der Waals surface area contributed by atoms with Crippen LogP contribution in [0.15, 0.2) is 30.3 Å². The molecule has 0 saturated heterocycles. The molecule has 0 spiro atoms. The number of anilines is 1. The average molecular weight is 204 g/mol. The van der Waals surface area contributed by atoms with Gasteiger partial charge in [0, 0.05) is 12.2 Å². The zero-order chi connectivity index (χ0) is 10.5. The number of benzene rings is 1. The van der Waals surface area contributed by atoms with Crippen LogP contribution in [0, 0.1) is 5.92 Å². The predicted octanol–water partition coefficient (Wildman–Crippen LogP) is 1.62. The van der Waals surface area contributed by atoms with Gasteiger partial charge in [-0.25, -0.2) is 0 Å². The molecule has 1 saturated carbocycles. The number of hydrogen-bond acceptors (Lipinski definition) is 2. The molecule has 3 heteroatoms. The van der Waals surface area contributed by atoms with E-state index in [-0.39, 0.29) is 5.91 Å². The number of amides is 1. The third-order valence-electron chi connectivity index (χ3n) is 2.51. The molecule has 2 rings (SSSR count). The molecule has 0 radical (unpaired) electrons. The molecular weight excluding hydrogens is 188 g/mol. The lowest BCUT2D eigenvalue weighted by Gasteiger charge is -2.06. The second-order valence-electron chi connectivity index (χ2n) is 3.97. The monoisotopic (exact) mass is 204 g/mol. The number of hydrogen-bond donors (Lipinski definition) is 2. The molecule has 1 aromatic carbocycles. The first kappa shape index (κ1) is 10.0. The summed E-state index contributed by atoms with van der Waals surface area (Å²) in [6, 6.07) is 9.76. The van der Waals surface area contributed by atoms with Crippen LogP contribution < -0.4 is 10.6 Å². The Balaban J connectivity index is 1.66. The summed E-state index contributed by atoms with van der Waals surface area (Å²) in [5, 5.41) is 5.99. The molecule has 1 aliphatic rings. The summed E-state index contributed by atoms with van der Waals surface area (Å²) >= 11 is 0. The summed E-state index contributed by atoms with van der Waals surface area (Å²) in [5.41, 5.74) is 0.985. The summed E-state index contributed by atoms with van der Waals surface area (Å²) < 4.78 is 0. The van der Waals surface area contributed by atoms with Crippen molar-refractivity contribution in [2.45, 2.75) is 12.8 Å². The first-order valence-electron chi connectivity index (χ1n) is 5.40.